The minimum Gasteiger partial charge on any atom is -0.488 e. The summed E-state index contributed by atoms with van der Waals surface area (Å²) >= 11 is 0. The molecule has 0 saturated carbocycles. The van der Waals surface area contributed by atoms with E-state index in [4.69, 9.17) is 14.2 Å². The summed E-state index contributed by atoms with van der Waals surface area (Å²) in [6.45, 7) is 14.5. The van der Waals surface area contributed by atoms with Gasteiger partial charge in [-0.25, -0.2) is 8.42 Å². The van der Waals surface area contributed by atoms with Crippen molar-refractivity contribution in [2.24, 2.45) is 11.3 Å². The van der Waals surface area contributed by atoms with Crippen molar-refractivity contribution in [1.29, 1.82) is 0 Å². The average Bonchev–Trinajstić information content (AvgIpc) is 3.47. The summed E-state index contributed by atoms with van der Waals surface area (Å²) in [6, 6.07) is 12.3. The highest BCUT2D eigenvalue weighted by atomic mass is 32.2. The van der Waals surface area contributed by atoms with Gasteiger partial charge in [-0.05, 0) is 62.4 Å². The van der Waals surface area contributed by atoms with Gasteiger partial charge in [0.2, 0.25) is 10.0 Å². The number of morpholine rings is 1. The predicted octanol–water partition coefficient (Wildman–Crippen LogP) is 4.18. The maximum atomic E-state index is 13.7. The highest BCUT2D eigenvalue weighted by Gasteiger charge is 2.40. The minimum absolute atomic E-state index is 0.0847. The number of hydrogen-bond acceptors (Lipinski definition) is 8. The fourth-order valence-electron chi connectivity index (χ4n) is 7.19. The van der Waals surface area contributed by atoms with Crippen LogP contribution in [0.5, 0.6) is 5.75 Å². The smallest absolute Gasteiger partial charge is 0.312 e. The number of aliphatic carboxylic acids is 1. The number of para-hydroxylation sites is 1. The fraction of sp³-hybridized carbons (Fsp3) is 0.571. The lowest BCUT2D eigenvalue weighted by Crippen LogP contribution is -2.58. The normalized spacial score (nSPS) is 22.0. The largest absolute Gasteiger partial charge is 0.488 e. The van der Waals surface area contributed by atoms with Crippen LogP contribution >= 0.6 is 0 Å². The van der Waals surface area contributed by atoms with Crippen LogP contribution in [0.1, 0.15) is 62.1 Å². The summed E-state index contributed by atoms with van der Waals surface area (Å²) in [5, 5.41) is 19.0. The first kappa shape index (κ1) is 34.5. The summed E-state index contributed by atoms with van der Waals surface area (Å²) in [4.78, 5) is 12.6. The molecule has 2 saturated heterocycles. The molecule has 1 N–H and O–H groups in total. The van der Waals surface area contributed by atoms with Gasteiger partial charge in [-0.15, -0.1) is 5.10 Å². The molecule has 2 fully saturated rings. The third-order valence-corrected chi connectivity index (χ3v) is 12.2. The van der Waals surface area contributed by atoms with Crippen LogP contribution in [0.25, 0.3) is 0 Å². The van der Waals surface area contributed by atoms with Gasteiger partial charge in [0.15, 0.2) is 0 Å². The number of aromatic nitrogens is 3. The Labute approximate surface area is 283 Å². The summed E-state index contributed by atoms with van der Waals surface area (Å²) < 4.78 is 49.8. The summed E-state index contributed by atoms with van der Waals surface area (Å²) in [5.74, 6) is -0.130. The van der Waals surface area contributed by atoms with E-state index in [1.54, 1.807) is 38.1 Å². The zero-order chi connectivity index (χ0) is 34.1. The van der Waals surface area contributed by atoms with Crippen LogP contribution in [-0.2, 0) is 44.0 Å². The third-order valence-electron chi connectivity index (χ3n) is 10.4. The Morgan fingerprint density at radius 1 is 1.12 bits per heavy atom. The molecule has 0 amide bonds. The van der Waals surface area contributed by atoms with Crippen molar-refractivity contribution in [3.8, 4) is 5.75 Å². The molecule has 13 heteroatoms. The van der Waals surface area contributed by atoms with Crippen molar-refractivity contribution in [2.45, 2.75) is 77.3 Å². The molecule has 3 aromatic rings. The molecule has 0 radical (unpaired) electrons. The lowest BCUT2D eigenvalue weighted by atomic mass is 9.81. The Hall–Kier alpha value is -3.36. The van der Waals surface area contributed by atoms with E-state index >= 15 is 0 Å². The first-order valence-electron chi connectivity index (χ1n) is 16.9. The first-order chi connectivity index (χ1) is 22.9. The number of aryl methyl sites for hydroxylation is 1. The monoisotopic (exact) mass is 682 g/mol. The Kier molecular flexibility index (Phi) is 9.97. The second-order valence-corrected chi connectivity index (χ2v) is 16.2. The maximum Gasteiger partial charge on any atom is 0.312 e. The number of fused-ring (bicyclic) bond motifs is 1. The number of quaternary nitrogens is 1. The van der Waals surface area contributed by atoms with E-state index < -0.39 is 27.5 Å². The van der Waals surface area contributed by atoms with Crippen molar-refractivity contribution in [3.63, 3.8) is 0 Å². The zero-order valence-corrected chi connectivity index (χ0v) is 29.2. The Bertz CT molecular complexity index is 1710. The summed E-state index contributed by atoms with van der Waals surface area (Å²) in [6.07, 6.45) is 2.99. The lowest BCUT2D eigenvalue weighted by molar-refractivity contribution is -0.940. The van der Waals surface area contributed by atoms with Crippen LogP contribution in [0.3, 0.4) is 0 Å². The summed E-state index contributed by atoms with van der Waals surface area (Å²) in [7, 11) is -3.84. The molecule has 48 heavy (non-hydrogen) atoms. The van der Waals surface area contributed by atoms with Crippen LogP contribution in [-0.4, -0.2) is 95.3 Å². The second kappa shape index (κ2) is 13.9. The van der Waals surface area contributed by atoms with Gasteiger partial charge in [-0.1, -0.05) is 35.5 Å². The van der Waals surface area contributed by atoms with Gasteiger partial charge in [-0.3, -0.25) is 9.48 Å². The quantitative estimate of drug-likeness (QED) is 0.313. The van der Waals surface area contributed by atoms with Gasteiger partial charge in [0.05, 0.1) is 57.2 Å². The van der Waals surface area contributed by atoms with Gasteiger partial charge < -0.3 is 23.8 Å². The van der Waals surface area contributed by atoms with E-state index in [2.05, 4.69) is 10.3 Å². The topological polar surface area (TPSA) is 133 Å². The number of ether oxygens (including phenoxy) is 3. The Balaban J connectivity index is 1.16. The van der Waals surface area contributed by atoms with E-state index in [1.165, 1.54) is 21.9 Å². The molecule has 0 bridgehead atoms. The van der Waals surface area contributed by atoms with E-state index in [0.717, 1.165) is 56.8 Å². The van der Waals surface area contributed by atoms with E-state index in [-0.39, 0.29) is 30.7 Å². The number of sulfonamides is 1. The molecule has 2 aromatic carbocycles. The number of carbonyl (C=O) groups is 1. The van der Waals surface area contributed by atoms with Crippen molar-refractivity contribution >= 4 is 16.0 Å². The Morgan fingerprint density at radius 2 is 1.85 bits per heavy atom. The van der Waals surface area contributed by atoms with Gasteiger partial charge in [0, 0.05) is 25.9 Å². The number of hydrogen-bond donors (Lipinski definition) is 1. The Morgan fingerprint density at radius 3 is 2.58 bits per heavy atom. The molecular weight excluding hydrogens is 634 g/mol. The van der Waals surface area contributed by atoms with E-state index in [1.807, 2.05) is 42.9 Å². The third kappa shape index (κ3) is 7.30. The van der Waals surface area contributed by atoms with Crippen LogP contribution < -0.4 is 4.74 Å². The molecule has 1 aromatic heterocycles. The molecule has 1 spiro atoms. The van der Waals surface area contributed by atoms with Crippen molar-refractivity contribution in [2.75, 3.05) is 45.9 Å². The van der Waals surface area contributed by atoms with E-state index in [9.17, 15) is 18.3 Å². The molecule has 260 valence electrons. The number of piperidine rings is 1. The minimum atomic E-state index is -3.84. The van der Waals surface area contributed by atoms with Gasteiger partial charge >= 0.3 is 5.97 Å². The molecule has 6 rings (SSSR count). The van der Waals surface area contributed by atoms with E-state index in [0.29, 0.717) is 22.9 Å². The van der Waals surface area contributed by atoms with Crippen molar-refractivity contribution in [3.05, 3.63) is 71.0 Å². The van der Waals surface area contributed by atoms with Crippen molar-refractivity contribution < 1.29 is 37.0 Å². The van der Waals surface area contributed by atoms with Gasteiger partial charge in [0.25, 0.3) is 0 Å². The average molecular weight is 683 g/mol. The molecule has 4 heterocycles. The van der Waals surface area contributed by atoms with Gasteiger partial charge in [0.1, 0.15) is 35.5 Å². The highest BCUT2D eigenvalue weighted by Crippen LogP contribution is 2.39. The highest BCUT2D eigenvalue weighted by molar-refractivity contribution is 7.89. The molecule has 2 atom stereocenters. The standard InChI is InChI=1S/C35H47N5O7S/c1-25-9-10-28(19-29(25)22-39-20-26(2)47-31-7-5-6-8-32(31)48(39,43)44)33(35(3,4)34(41)42)46-24-30-23-38(37-36-30)21-27-11-13-40(14-12-27)15-17-45-18-16-40/h5-10,19,23,26-27,33H,11-18,20-22,24H2,1-4H3/p+1/t26-,33?/m0/s1. The summed E-state index contributed by atoms with van der Waals surface area (Å²) in [5.41, 5.74) is 1.63. The molecular formula is C35H48N5O7S+. The molecule has 3 aliphatic heterocycles. The number of carboxylic acids is 1. The first-order valence-corrected chi connectivity index (χ1v) is 18.3. The van der Waals surface area contributed by atoms with Gasteiger partial charge in [-0.2, -0.15) is 4.31 Å². The molecule has 0 aliphatic carbocycles. The molecule has 3 aliphatic rings. The number of benzene rings is 2. The van der Waals surface area contributed by atoms with Crippen LogP contribution in [0.15, 0.2) is 53.6 Å². The fourth-order valence-corrected chi connectivity index (χ4v) is 8.81. The van der Waals surface area contributed by atoms with Crippen LogP contribution in [0.2, 0.25) is 0 Å². The lowest BCUT2D eigenvalue weighted by Gasteiger charge is -2.45. The zero-order valence-electron chi connectivity index (χ0n) is 28.4. The maximum absolute atomic E-state index is 13.7. The molecule has 1 unspecified atom stereocenters. The van der Waals surface area contributed by atoms with Crippen LogP contribution in [0, 0.1) is 18.3 Å². The van der Waals surface area contributed by atoms with Crippen molar-refractivity contribution in [1.82, 2.24) is 19.3 Å². The SMILES string of the molecule is Cc1ccc(C(OCc2cn(CC3CC[N+]4(CCOCC4)CC3)nn2)C(C)(C)C(=O)O)cc1CN1C[C@H](C)Oc2ccccc2S1(=O)=O. The molecule has 12 nitrogen and oxygen atoms in total. The predicted molar refractivity (Wildman–Crippen MR) is 178 cm³/mol. The van der Waals surface area contributed by atoms with Crippen LogP contribution in [0.4, 0.5) is 0 Å². The second-order valence-electron chi connectivity index (χ2n) is 14.3. The number of carboxylic acid groups (broad SMARTS) is 1. The number of rotatable bonds is 10. The number of nitrogens with zero attached hydrogens (tertiary/aromatic N) is 5.